The van der Waals surface area contributed by atoms with Gasteiger partial charge in [-0.25, -0.2) is 0 Å². The smallest absolute Gasteiger partial charge is 4.00 e. The minimum Gasteiger partial charge on any atom is 4.00 e. The molecule has 0 aliphatic rings. The first kappa shape index (κ1) is 36.8. The van der Waals surface area contributed by atoms with Crippen LogP contribution in [-0.4, -0.2) is 94.4 Å². The van der Waals surface area contributed by atoms with E-state index in [1.807, 2.05) is 0 Å². The molecule has 0 bridgehead atoms. The van der Waals surface area contributed by atoms with Gasteiger partial charge in [-0.2, -0.15) is 0 Å². The first-order valence-electron chi connectivity index (χ1n) is 0. The van der Waals surface area contributed by atoms with Crippen LogP contribution in [0.25, 0.3) is 0 Å². The van der Waals surface area contributed by atoms with Gasteiger partial charge in [0.2, 0.25) is 0 Å². The van der Waals surface area contributed by atoms with Crippen LogP contribution in [0.4, 0.5) is 0 Å². The molecule has 24 valence electrons. The van der Waals surface area contributed by atoms with Gasteiger partial charge in [-0.05, 0) is 0 Å². The molecule has 0 rings (SSSR count). The molecular formula is H4BaO2SrZr. The molecule has 0 aromatic rings. The molecule has 5 heavy (non-hydrogen) atoms. The molecule has 2 nitrogen and oxygen atoms in total. The Hall–Kier alpha value is 3.86. The third-order valence-corrected chi connectivity index (χ3v) is 0. The van der Waals surface area contributed by atoms with E-state index in [9.17, 15) is 0 Å². The fourth-order valence-corrected chi connectivity index (χ4v) is 0. The van der Waals surface area contributed by atoms with Crippen LogP contribution in [0.1, 0.15) is 0 Å². The van der Waals surface area contributed by atoms with Crippen LogP contribution >= 0.6 is 0 Å². The number of rotatable bonds is 0. The van der Waals surface area contributed by atoms with Gasteiger partial charge >= 0.3 is 121 Å². The molecule has 0 heterocycles. The molecule has 0 aromatic carbocycles. The maximum absolute atomic E-state index is 0. The van der Waals surface area contributed by atoms with E-state index >= 15 is 0 Å². The maximum atomic E-state index is 0. The molecule has 5 heteroatoms. The van der Waals surface area contributed by atoms with Crippen molar-refractivity contribution in [3.8, 4) is 0 Å². The summed E-state index contributed by atoms with van der Waals surface area (Å²) in [5, 5.41) is 0. The van der Waals surface area contributed by atoms with Gasteiger partial charge in [0.1, 0.15) is 0 Å². The van der Waals surface area contributed by atoms with Crippen LogP contribution in [0.3, 0.4) is 0 Å². The van der Waals surface area contributed by atoms with Gasteiger partial charge < -0.3 is 11.0 Å². The summed E-state index contributed by atoms with van der Waals surface area (Å²) in [5.74, 6) is 0. The van der Waals surface area contributed by atoms with Gasteiger partial charge in [-0.1, -0.05) is 0 Å². The van der Waals surface area contributed by atoms with Crippen molar-refractivity contribution in [1.82, 2.24) is 0 Å². The minimum absolute atomic E-state index is 0. The van der Waals surface area contributed by atoms with Gasteiger partial charge in [-0.3, -0.25) is 0 Å². The van der Waals surface area contributed by atoms with Crippen molar-refractivity contribution in [3.05, 3.63) is 0 Å². The van der Waals surface area contributed by atoms with Crippen LogP contribution in [-0.2, 0) is 37.2 Å². The average molecular weight is 352 g/mol. The van der Waals surface area contributed by atoms with E-state index < -0.39 is 0 Å². The van der Waals surface area contributed by atoms with Crippen LogP contribution in [0.15, 0.2) is 0 Å². The molecule has 0 aliphatic heterocycles. The van der Waals surface area contributed by atoms with E-state index in [-0.39, 0.29) is 132 Å². The molecule has 0 aromatic heterocycles. The van der Waals surface area contributed by atoms with Gasteiger partial charge in [0.15, 0.2) is 0 Å². The molecule has 0 aliphatic carbocycles. The Morgan fingerprint density at radius 2 is 0.800 bits per heavy atom. The normalized spacial score (nSPS) is 0. The molecule has 0 N–H and O–H groups in total. The zero-order valence-corrected chi connectivity index (χ0v) is 3.77. The Kier molecular flexibility index (Phi) is 183. The van der Waals surface area contributed by atoms with E-state index in [2.05, 4.69) is 0 Å². The van der Waals surface area contributed by atoms with Crippen molar-refractivity contribution in [1.29, 1.82) is 0 Å². The quantitative estimate of drug-likeness (QED) is 0.450. The Morgan fingerprint density at radius 3 is 0.800 bits per heavy atom. The second-order valence-corrected chi connectivity index (χ2v) is 0. The third-order valence-electron chi connectivity index (χ3n) is 0. The van der Waals surface area contributed by atoms with Crippen LogP contribution in [0, 0.1) is 0 Å². The molecule has 0 unspecified atom stereocenters. The zero-order valence-electron chi connectivity index (χ0n) is 1.32. The van der Waals surface area contributed by atoms with E-state index in [1.165, 1.54) is 0 Å². The Balaban J connectivity index is 0. The number of hydrogen-bond donors (Lipinski definition) is 0. The first-order chi connectivity index (χ1) is 0. The summed E-state index contributed by atoms with van der Waals surface area (Å²) < 4.78 is 0. The minimum atomic E-state index is 0. The van der Waals surface area contributed by atoms with E-state index in [0.717, 1.165) is 0 Å². The molecule has 0 atom stereocenters. The summed E-state index contributed by atoms with van der Waals surface area (Å²) in [6.07, 6.45) is 0. The van der Waals surface area contributed by atoms with E-state index in [0.29, 0.717) is 0 Å². The van der Waals surface area contributed by atoms with Crippen molar-refractivity contribution in [2.45, 2.75) is 0 Å². The van der Waals surface area contributed by atoms with E-state index in [1.54, 1.807) is 0 Å². The topological polar surface area (TPSA) is 57.0 Å². The standard InChI is InChI=1S/Ba.2O.Sr.Zr.4H/q;2*-2;;+4;;;;. The molecule has 0 amide bonds. The zero-order chi connectivity index (χ0) is 0. The van der Waals surface area contributed by atoms with Gasteiger partial charge in [-0.15, -0.1) is 0 Å². The Morgan fingerprint density at radius 1 is 0.800 bits per heavy atom. The summed E-state index contributed by atoms with van der Waals surface area (Å²) in [6.45, 7) is 0. The molecule has 0 fully saturated rings. The number of hydrogen-bond acceptors (Lipinski definition) is 0. The van der Waals surface area contributed by atoms with Gasteiger partial charge in [0.05, 0.1) is 0 Å². The van der Waals surface area contributed by atoms with Crippen molar-refractivity contribution in [2.24, 2.45) is 0 Å². The SMILES string of the molecule is [BaH2].[O-2].[O-2].[SrH2].[Zr+4]. The summed E-state index contributed by atoms with van der Waals surface area (Å²) in [4.78, 5) is 0. The third kappa shape index (κ3) is 18.1. The largest absolute Gasteiger partial charge is 4.00 e. The predicted octanol–water partition coefficient (Wildman–Crippen LogP) is -2.07. The van der Waals surface area contributed by atoms with Crippen molar-refractivity contribution < 1.29 is 37.2 Å². The summed E-state index contributed by atoms with van der Waals surface area (Å²) >= 11 is 0. The Bertz CT molecular complexity index is 9.61. The summed E-state index contributed by atoms with van der Waals surface area (Å²) in [5.41, 5.74) is 0. The van der Waals surface area contributed by atoms with Crippen LogP contribution < -0.4 is 0 Å². The van der Waals surface area contributed by atoms with Crippen molar-refractivity contribution >= 4 is 94.4 Å². The fraction of sp³-hybridized carbons (Fsp3) is 0. The van der Waals surface area contributed by atoms with Crippen molar-refractivity contribution in [3.63, 3.8) is 0 Å². The fourth-order valence-electron chi connectivity index (χ4n) is 0. The molecule has 0 saturated heterocycles. The van der Waals surface area contributed by atoms with Crippen LogP contribution in [0.2, 0.25) is 0 Å². The maximum Gasteiger partial charge on any atom is 4.00 e. The predicted molar refractivity (Wildman–Crippen MR) is 18.5 cm³/mol. The molecule has 0 radical (unpaired) electrons. The summed E-state index contributed by atoms with van der Waals surface area (Å²) in [6, 6.07) is 0. The monoisotopic (exact) mass is 352 g/mol. The molecule has 0 saturated carbocycles. The average Bonchev–Trinajstić information content (AvgIpc) is 0. The molecule has 0 spiro atoms. The second kappa shape index (κ2) is 24.8. The van der Waals surface area contributed by atoms with Gasteiger partial charge in [0, 0.05) is 0 Å². The summed E-state index contributed by atoms with van der Waals surface area (Å²) in [7, 11) is 0. The Labute approximate surface area is 128 Å². The first-order valence-corrected chi connectivity index (χ1v) is 0. The molecular weight excluding hydrogens is 348 g/mol. The van der Waals surface area contributed by atoms with Crippen LogP contribution in [0.5, 0.6) is 0 Å². The van der Waals surface area contributed by atoms with E-state index in [4.69, 9.17) is 0 Å². The second-order valence-electron chi connectivity index (χ2n) is 0. The van der Waals surface area contributed by atoms with Crippen molar-refractivity contribution in [2.75, 3.05) is 0 Å². The van der Waals surface area contributed by atoms with Gasteiger partial charge in [0.25, 0.3) is 0 Å².